The smallest absolute Gasteiger partial charge is 0.293 e. The van der Waals surface area contributed by atoms with Gasteiger partial charge in [-0.05, 0) is 261 Å². The van der Waals surface area contributed by atoms with Gasteiger partial charge in [0.1, 0.15) is 19.8 Å². The average molecular weight is 1790 g/mol. The van der Waals surface area contributed by atoms with Gasteiger partial charge in [0, 0.05) is 110 Å². The Bertz CT molecular complexity index is 6940. The third kappa shape index (κ3) is 20.2. The van der Waals surface area contributed by atoms with Crippen LogP contribution in [0.15, 0.2) is 285 Å². The first-order valence-corrected chi connectivity index (χ1v) is 42.2. The molecule has 2 aliphatic rings. The van der Waals surface area contributed by atoms with Gasteiger partial charge in [-0.25, -0.2) is 0 Å². The van der Waals surface area contributed by atoms with Crippen LogP contribution in [0.1, 0.15) is 114 Å². The average Bonchev–Trinajstić information content (AvgIpc) is 1.60. The lowest BCUT2D eigenvalue weighted by molar-refractivity contribution is -0.130. The SMILES string of the molecule is Cc1c(C(=O)CCl)c2ccc(CN3C(=O)c4ccccc4C3=O)cc2n1-c1ccc(Cl)cc1.Cc1cc2ccc(CN3C(=O)c4ccccc4C3=O)cc2n1-c1ccc(Cl)cc1.Cc1cc2ccc(CO)cc2n1-c1ccc(Cl)cc1.Cc1cc2ccc(COC=O)cc2[nH]1.Cc1cc2ccc(COC=O)cc2n1-c1ccc(Cl)cc1.Nc1cccc(COC=O)c1. The zero-order chi connectivity index (χ0) is 89.7. The first kappa shape index (κ1) is 89.2. The molecule has 20 nitrogen and oxygen atoms in total. The lowest BCUT2D eigenvalue weighted by Crippen LogP contribution is -2.29. The first-order chi connectivity index (χ1) is 61.4. The summed E-state index contributed by atoms with van der Waals surface area (Å²) in [5.41, 5.74) is 28.3. The van der Waals surface area contributed by atoms with Crippen molar-refractivity contribution in [3.05, 3.63) is 395 Å². The van der Waals surface area contributed by atoms with E-state index in [9.17, 15) is 43.5 Å². The molecule has 0 bridgehead atoms. The predicted octanol–water partition coefficient (Wildman–Crippen LogP) is 22.6. The summed E-state index contributed by atoms with van der Waals surface area (Å²) in [6.45, 7) is 12.8. The molecule has 0 atom stereocenters. The molecular weight excluding hydrogens is 1710 g/mol. The molecule has 5 aromatic heterocycles. The summed E-state index contributed by atoms with van der Waals surface area (Å²) in [6.07, 6.45) is 0. The number of fused-ring (bicyclic) bond motifs is 7. The fraction of sp³-hybridized carbons (Fsp3) is 0.118. The zero-order valence-electron chi connectivity index (χ0n) is 69.4. The molecule has 25 heteroatoms. The van der Waals surface area contributed by atoms with E-state index in [4.69, 9.17) is 68.5 Å². The Kier molecular flexibility index (Phi) is 28.3. The number of nitrogens with one attached hydrogen (secondary N) is 1. The van der Waals surface area contributed by atoms with Gasteiger partial charge in [-0.1, -0.05) is 143 Å². The Morgan fingerprint density at radius 2 is 0.724 bits per heavy atom. The van der Waals surface area contributed by atoms with Crippen molar-refractivity contribution in [1.82, 2.24) is 33.1 Å². The highest BCUT2D eigenvalue weighted by atomic mass is 35.5. The number of nitrogens with two attached hydrogens (primary N) is 1. The van der Waals surface area contributed by atoms with E-state index in [1.54, 1.807) is 72.8 Å². The highest BCUT2D eigenvalue weighted by molar-refractivity contribution is 6.33. The van der Waals surface area contributed by atoms with Crippen molar-refractivity contribution in [3.8, 4) is 22.7 Å². The van der Waals surface area contributed by atoms with Crippen LogP contribution in [0.25, 0.3) is 77.3 Å². The minimum absolute atomic E-state index is 0.0563. The quantitative estimate of drug-likeness (QED) is 0.0160. The Morgan fingerprint density at radius 1 is 0.378 bits per heavy atom. The van der Waals surface area contributed by atoms with Crippen LogP contribution in [0, 0.1) is 34.6 Å². The van der Waals surface area contributed by atoms with Crippen molar-refractivity contribution in [2.24, 2.45) is 0 Å². The number of carbonyl (C=O) groups excluding carboxylic acids is 8. The standard InChI is InChI=1S/C26H18Cl2N2O3.C24H17ClN2O2.C17H14ClNO2.C16H14ClNO.C11H11NO2.C8H9NO2/c1-15-24(23(31)13-27)21-11-6-16(12-22(21)30(15)18-9-7-17(28)8-10-18)14-29-25(32)19-4-2-3-5-20(19)26(29)33;1-15-12-17-7-6-16(13-22(17)27(15)19-10-8-18(25)9-11-19)14-26-23(28)20-4-2-3-5-21(20)24(26)29;1-12-8-14-3-2-13(10-21-11-20)9-17(14)19(12)16-6-4-15(18)5-7-16;1-11-8-13-3-2-12(10-19)9-16(13)18(11)15-6-4-14(17)5-7-15;1-8-4-10-3-2-9(6-14-7-13)5-11(10)12-8;9-8-3-1-2-7(4-8)5-11-6-10/h2-12H,13-14H2,1H3;2-13H,14H2,1H3;2-9,11H,10H2,1H3;2-9,19H,10H2,1H3;2-5,7,12H,6H2,1H3;1-4,6H,5,9H2. The Balaban J connectivity index is 0.000000128. The number of hydrogen-bond acceptors (Lipinski definition) is 13. The number of ketones is 1. The fourth-order valence-electron chi connectivity index (χ4n) is 15.8. The molecule has 12 aromatic carbocycles. The number of aryl methyl sites for hydroxylation is 4. The molecule has 0 saturated carbocycles. The van der Waals surface area contributed by atoms with E-state index >= 15 is 0 Å². The van der Waals surface area contributed by atoms with Gasteiger partial charge in [0.25, 0.3) is 43.0 Å². The fourth-order valence-corrected chi connectivity index (χ4v) is 16.4. The number of H-pyrrole nitrogens is 1. The molecule has 0 saturated heterocycles. The molecule has 17 aromatic rings. The zero-order valence-corrected chi connectivity index (χ0v) is 73.2. The number of aromatic nitrogens is 5. The molecule has 0 spiro atoms. The van der Waals surface area contributed by atoms with E-state index in [0.29, 0.717) is 74.6 Å². The number of nitrogen functional groups attached to an aromatic ring is 1. The molecule has 0 radical (unpaired) electrons. The number of imide groups is 2. The molecule has 127 heavy (non-hydrogen) atoms. The number of aliphatic hydroxyl groups excluding tert-OH is 1. The summed E-state index contributed by atoms with van der Waals surface area (Å²) in [7, 11) is 0. The number of benzene rings is 12. The van der Waals surface area contributed by atoms with Gasteiger partial charge in [-0.2, -0.15) is 0 Å². The molecule has 638 valence electrons. The van der Waals surface area contributed by atoms with Crippen LogP contribution >= 0.6 is 58.0 Å². The number of carbonyl (C=O) groups is 8. The summed E-state index contributed by atoms with van der Waals surface area (Å²) in [6, 6.07) is 89.7. The summed E-state index contributed by atoms with van der Waals surface area (Å²) in [5, 5.41) is 17.4. The van der Waals surface area contributed by atoms with E-state index in [-0.39, 0.29) is 68.2 Å². The molecule has 0 fully saturated rings. The van der Waals surface area contributed by atoms with Gasteiger partial charge >= 0.3 is 0 Å². The largest absolute Gasteiger partial charge is 0.463 e. The normalized spacial score (nSPS) is 11.8. The number of Topliss-reactive ketones (excluding diaryl/α,β-unsaturated/α-hetero) is 1. The minimum atomic E-state index is -0.307. The maximum absolute atomic E-state index is 12.8. The monoisotopic (exact) mass is 1790 g/mol. The topological polar surface area (TPSA) is 252 Å². The number of aliphatic hydroxyl groups is 1. The number of alkyl halides is 1. The van der Waals surface area contributed by atoms with Gasteiger partial charge in [0.2, 0.25) is 0 Å². The number of halogens is 5. The second-order valence-corrected chi connectivity index (χ2v) is 32.1. The first-order valence-electron chi connectivity index (χ1n) is 40.1. The van der Waals surface area contributed by atoms with Gasteiger partial charge in [-0.15, -0.1) is 11.6 Å². The van der Waals surface area contributed by atoms with E-state index in [1.807, 2.05) is 206 Å². The summed E-state index contributed by atoms with van der Waals surface area (Å²) < 4.78 is 22.5. The molecule has 19 rings (SSSR count). The van der Waals surface area contributed by atoms with Crippen molar-refractivity contribution >= 4 is 167 Å². The second-order valence-electron chi connectivity index (χ2n) is 30.1. The highest BCUT2D eigenvalue weighted by Gasteiger charge is 2.37. The van der Waals surface area contributed by atoms with Crippen LogP contribution in [-0.4, -0.2) is 92.9 Å². The number of aromatic amines is 1. The van der Waals surface area contributed by atoms with Crippen molar-refractivity contribution in [2.45, 2.75) is 74.1 Å². The Labute approximate surface area is 755 Å². The third-order valence-electron chi connectivity index (χ3n) is 21.5. The van der Waals surface area contributed by atoms with Crippen molar-refractivity contribution in [3.63, 3.8) is 0 Å². The molecule has 4 amide bonds. The summed E-state index contributed by atoms with van der Waals surface area (Å²) in [4.78, 5) is 99.6. The number of rotatable bonds is 20. The molecule has 4 N–H and O–H groups in total. The van der Waals surface area contributed by atoms with E-state index in [0.717, 1.165) is 133 Å². The van der Waals surface area contributed by atoms with E-state index in [2.05, 4.69) is 73.2 Å². The molecular formula is C102H83Cl5N8O12. The van der Waals surface area contributed by atoms with Crippen LogP contribution < -0.4 is 5.73 Å². The second kappa shape index (κ2) is 40.3. The Morgan fingerprint density at radius 3 is 1.12 bits per heavy atom. The number of nitrogens with zero attached hydrogens (tertiary/aromatic N) is 6. The van der Waals surface area contributed by atoms with Crippen LogP contribution in [0.4, 0.5) is 5.69 Å². The van der Waals surface area contributed by atoms with Gasteiger partial charge < -0.3 is 48.3 Å². The maximum atomic E-state index is 12.8. The van der Waals surface area contributed by atoms with Crippen LogP contribution in [-0.2, 0) is 68.1 Å². The van der Waals surface area contributed by atoms with Gasteiger partial charge in [-0.3, -0.25) is 48.2 Å². The van der Waals surface area contributed by atoms with Crippen molar-refractivity contribution in [1.29, 1.82) is 0 Å². The molecule has 0 aliphatic carbocycles. The maximum Gasteiger partial charge on any atom is 0.293 e. The number of amides is 4. The number of hydrogen-bond donors (Lipinski definition) is 3. The summed E-state index contributed by atoms with van der Waals surface area (Å²) >= 11 is 29.9. The van der Waals surface area contributed by atoms with Crippen LogP contribution in [0.2, 0.25) is 20.1 Å². The highest BCUT2D eigenvalue weighted by Crippen LogP contribution is 2.36. The van der Waals surface area contributed by atoms with Gasteiger partial charge in [0.05, 0.1) is 69.9 Å². The lowest BCUT2D eigenvalue weighted by atomic mass is 10.1. The molecule has 7 heterocycles. The van der Waals surface area contributed by atoms with E-state index < -0.39 is 0 Å². The lowest BCUT2D eigenvalue weighted by Gasteiger charge is -2.15. The number of anilines is 1. The third-order valence-corrected chi connectivity index (χ3v) is 22.8. The molecule has 0 unspecified atom stereocenters. The van der Waals surface area contributed by atoms with Gasteiger partial charge in [0.15, 0.2) is 5.78 Å². The van der Waals surface area contributed by atoms with Crippen molar-refractivity contribution in [2.75, 3.05) is 11.6 Å². The number of ether oxygens (including phenoxy) is 3. The predicted molar refractivity (Wildman–Crippen MR) is 501 cm³/mol. The molecule has 2 aliphatic heterocycles. The van der Waals surface area contributed by atoms with Crippen molar-refractivity contribution < 1.29 is 57.7 Å². The summed E-state index contributed by atoms with van der Waals surface area (Å²) in [5.74, 6) is -1.39. The minimum Gasteiger partial charge on any atom is -0.463 e. The van der Waals surface area contributed by atoms with E-state index in [1.165, 1.54) is 20.6 Å². The Hall–Kier alpha value is -14.1. The van der Waals surface area contributed by atoms with Crippen LogP contribution in [0.3, 0.4) is 0 Å². The van der Waals surface area contributed by atoms with Crippen LogP contribution in [0.5, 0.6) is 0 Å².